The molecule has 0 saturated heterocycles. The predicted octanol–water partition coefficient (Wildman–Crippen LogP) is 6.76. The Morgan fingerprint density at radius 1 is 0.900 bits per heavy atom. The number of benzene rings is 2. The zero-order chi connectivity index (χ0) is 14.6. The molecule has 0 N–H and O–H groups in total. The third-order valence-corrected chi connectivity index (χ3v) is 8.61. The third-order valence-electron chi connectivity index (χ3n) is 2.66. The number of hydrogen-bond acceptors (Lipinski definition) is 2. The smallest absolute Gasteiger partial charge is 0.267 e. The van der Waals surface area contributed by atoms with E-state index in [2.05, 4.69) is 0 Å². The van der Waals surface area contributed by atoms with E-state index in [0.717, 1.165) is 10.5 Å². The van der Waals surface area contributed by atoms with Crippen molar-refractivity contribution in [1.29, 1.82) is 0 Å². The Labute approximate surface area is 137 Å². The molecule has 106 valence electrons. The van der Waals surface area contributed by atoms with Gasteiger partial charge in [0.05, 0.1) is 5.38 Å². The number of hydrogen-bond donors (Lipinski definition) is 0. The Morgan fingerprint density at radius 2 is 1.40 bits per heavy atom. The topological polar surface area (TPSA) is 17.1 Å². The van der Waals surface area contributed by atoms with E-state index in [9.17, 15) is 4.57 Å². The number of alkyl halides is 1. The van der Waals surface area contributed by atoms with Gasteiger partial charge in [-0.3, -0.25) is 4.57 Å². The number of thioether (sulfide) groups is 1. The molecule has 6 heteroatoms. The van der Waals surface area contributed by atoms with Crippen LogP contribution >= 0.6 is 51.7 Å². The molecular formula is C14H12Cl3OPS. The van der Waals surface area contributed by atoms with Gasteiger partial charge in [0.2, 0.25) is 0 Å². The average Bonchev–Trinajstić information content (AvgIpc) is 2.45. The zero-order valence-electron chi connectivity index (χ0n) is 10.3. The van der Waals surface area contributed by atoms with Crippen LogP contribution in [0.4, 0.5) is 0 Å². The Morgan fingerprint density at radius 3 is 1.90 bits per heavy atom. The van der Waals surface area contributed by atoms with Crippen molar-refractivity contribution in [3.63, 3.8) is 0 Å². The lowest BCUT2D eigenvalue weighted by Crippen LogP contribution is -2.07. The van der Waals surface area contributed by atoms with Crippen LogP contribution in [0.15, 0.2) is 65.6 Å². The van der Waals surface area contributed by atoms with Gasteiger partial charge in [0.15, 0.2) is 0 Å². The molecule has 0 radical (unpaired) electrons. The SMILES string of the molecule is O=P(Cl)(Cl)C(Sc1ccccc1)C(Cl)c1ccccc1. The number of halogens is 3. The number of rotatable bonds is 5. The molecule has 0 bridgehead atoms. The largest absolute Gasteiger partial charge is 0.288 e. The lowest BCUT2D eigenvalue weighted by molar-refractivity contribution is 0.590. The van der Waals surface area contributed by atoms with Crippen LogP contribution in [0.2, 0.25) is 0 Å². The van der Waals surface area contributed by atoms with Crippen LogP contribution in [0.1, 0.15) is 10.9 Å². The van der Waals surface area contributed by atoms with Crippen LogP contribution in [0.25, 0.3) is 0 Å². The van der Waals surface area contributed by atoms with Crippen LogP contribution in [0.3, 0.4) is 0 Å². The molecule has 0 fully saturated rings. The highest BCUT2D eigenvalue weighted by Crippen LogP contribution is 2.69. The molecule has 2 aromatic rings. The predicted molar refractivity (Wildman–Crippen MR) is 90.4 cm³/mol. The van der Waals surface area contributed by atoms with Crippen molar-refractivity contribution < 1.29 is 4.57 Å². The Bertz CT molecular complexity index is 588. The lowest BCUT2D eigenvalue weighted by Gasteiger charge is -2.22. The van der Waals surface area contributed by atoms with E-state index < -0.39 is 16.2 Å². The van der Waals surface area contributed by atoms with Gasteiger partial charge in [-0.1, -0.05) is 48.5 Å². The molecule has 0 aliphatic heterocycles. The van der Waals surface area contributed by atoms with Gasteiger partial charge in [0.1, 0.15) is 4.99 Å². The van der Waals surface area contributed by atoms with Crippen molar-refractivity contribution in [2.24, 2.45) is 0 Å². The fourth-order valence-corrected chi connectivity index (χ4v) is 6.43. The summed E-state index contributed by atoms with van der Waals surface area (Å²) in [6.45, 7) is 0. The molecule has 0 aliphatic carbocycles. The van der Waals surface area contributed by atoms with Crippen molar-refractivity contribution in [2.45, 2.75) is 15.3 Å². The van der Waals surface area contributed by atoms with Gasteiger partial charge in [-0.25, -0.2) is 0 Å². The summed E-state index contributed by atoms with van der Waals surface area (Å²) in [6.07, 6.45) is 0. The van der Waals surface area contributed by atoms with Gasteiger partial charge in [-0.05, 0) is 40.2 Å². The third kappa shape index (κ3) is 4.44. The van der Waals surface area contributed by atoms with Gasteiger partial charge >= 0.3 is 0 Å². The van der Waals surface area contributed by atoms with Crippen molar-refractivity contribution >= 4 is 51.7 Å². The van der Waals surface area contributed by atoms with E-state index in [4.69, 9.17) is 34.1 Å². The van der Waals surface area contributed by atoms with Crippen LogP contribution in [-0.2, 0) is 4.57 Å². The first-order chi connectivity index (χ1) is 9.48. The average molecular weight is 366 g/mol. The van der Waals surface area contributed by atoms with Gasteiger partial charge in [-0.15, -0.1) is 23.4 Å². The van der Waals surface area contributed by atoms with E-state index in [0.29, 0.717) is 0 Å². The molecule has 20 heavy (non-hydrogen) atoms. The van der Waals surface area contributed by atoms with Crippen LogP contribution in [0, 0.1) is 0 Å². The van der Waals surface area contributed by atoms with E-state index in [1.807, 2.05) is 60.7 Å². The summed E-state index contributed by atoms with van der Waals surface area (Å²) in [7, 11) is 0. The summed E-state index contributed by atoms with van der Waals surface area (Å²) in [4.78, 5) is 0.331. The normalized spacial score (nSPS) is 14.8. The Hall–Kier alpha value is -0.110. The second-order valence-electron chi connectivity index (χ2n) is 4.14. The summed E-state index contributed by atoms with van der Waals surface area (Å²) in [6, 6.07) is 18.9. The van der Waals surface area contributed by atoms with Crippen molar-refractivity contribution in [2.75, 3.05) is 0 Å². The molecule has 0 spiro atoms. The Balaban J connectivity index is 2.27. The van der Waals surface area contributed by atoms with E-state index in [1.165, 1.54) is 11.8 Å². The zero-order valence-corrected chi connectivity index (χ0v) is 14.3. The minimum absolute atomic E-state index is 0.526. The first-order valence-electron chi connectivity index (χ1n) is 5.88. The maximum absolute atomic E-state index is 12.2. The van der Waals surface area contributed by atoms with Crippen LogP contribution < -0.4 is 0 Å². The fraction of sp³-hybridized carbons (Fsp3) is 0.143. The molecule has 2 aromatic carbocycles. The first-order valence-corrected chi connectivity index (χ1v) is 10.8. The first kappa shape index (κ1) is 16.3. The summed E-state index contributed by atoms with van der Waals surface area (Å²) in [5.74, 6) is -3.39. The minimum atomic E-state index is -3.39. The standard InChI is InChI=1S/C14H12Cl3OPS/c15-13(11-7-3-1-4-8-11)14(19(16,17)18)20-12-9-5-2-6-10-12/h1-10,13-14H. The van der Waals surface area contributed by atoms with E-state index in [1.54, 1.807) is 0 Å². The van der Waals surface area contributed by atoms with E-state index >= 15 is 0 Å². The molecule has 0 saturated carbocycles. The van der Waals surface area contributed by atoms with Gasteiger partial charge in [0.25, 0.3) is 5.85 Å². The van der Waals surface area contributed by atoms with Crippen LogP contribution in [0.5, 0.6) is 0 Å². The Kier molecular flexibility index (Phi) is 5.89. The fourth-order valence-electron chi connectivity index (χ4n) is 1.71. The highest BCUT2D eigenvalue weighted by atomic mass is 35.9. The van der Waals surface area contributed by atoms with Crippen LogP contribution in [-0.4, -0.2) is 4.99 Å². The second-order valence-corrected chi connectivity index (χ2v) is 11.3. The lowest BCUT2D eigenvalue weighted by atomic mass is 10.2. The summed E-state index contributed by atoms with van der Waals surface area (Å²) >= 11 is 19.6. The van der Waals surface area contributed by atoms with Gasteiger partial charge < -0.3 is 0 Å². The molecule has 2 rings (SSSR count). The van der Waals surface area contributed by atoms with Crippen molar-refractivity contribution in [3.8, 4) is 0 Å². The quantitative estimate of drug-likeness (QED) is 0.331. The summed E-state index contributed by atoms with van der Waals surface area (Å²) in [5.41, 5.74) is 0.851. The maximum atomic E-state index is 12.2. The van der Waals surface area contributed by atoms with Crippen molar-refractivity contribution in [3.05, 3.63) is 66.2 Å². The van der Waals surface area contributed by atoms with Gasteiger partial charge in [-0.2, -0.15) is 0 Å². The molecule has 2 unspecified atom stereocenters. The molecule has 0 heterocycles. The molecular weight excluding hydrogens is 354 g/mol. The highest BCUT2D eigenvalue weighted by molar-refractivity contribution is 8.20. The molecule has 2 atom stereocenters. The summed E-state index contributed by atoms with van der Waals surface area (Å²) < 4.78 is 12.2. The van der Waals surface area contributed by atoms with E-state index in [-0.39, 0.29) is 0 Å². The van der Waals surface area contributed by atoms with Gasteiger partial charge in [0, 0.05) is 4.90 Å². The molecule has 0 amide bonds. The monoisotopic (exact) mass is 364 g/mol. The highest BCUT2D eigenvalue weighted by Gasteiger charge is 2.36. The molecule has 0 aliphatic rings. The second kappa shape index (κ2) is 7.24. The minimum Gasteiger partial charge on any atom is -0.288 e. The summed E-state index contributed by atoms with van der Waals surface area (Å²) in [5, 5.41) is -0.526. The molecule has 0 aromatic heterocycles. The van der Waals surface area contributed by atoms with Crippen molar-refractivity contribution in [1.82, 2.24) is 0 Å². The molecule has 1 nitrogen and oxygen atoms in total. The maximum Gasteiger partial charge on any atom is 0.267 e.